The Kier molecular flexibility index (Phi) is 5.04. The molecule has 17 heavy (non-hydrogen) atoms. The SMILES string of the molecule is C=C(C)N(C)[C@@H](C)c1cccc(OCNC)c1. The summed E-state index contributed by atoms with van der Waals surface area (Å²) in [5, 5.41) is 2.96. The van der Waals surface area contributed by atoms with Crippen molar-refractivity contribution in [1.82, 2.24) is 10.2 Å². The third-order valence-electron chi connectivity index (χ3n) is 2.91. The first kappa shape index (κ1) is 13.6. The maximum Gasteiger partial charge on any atom is 0.139 e. The summed E-state index contributed by atoms with van der Waals surface area (Å²) in [5.41, 5.74) is 2.28. The monoisotopic (exact) mass is 234 g/mol. The highest BCUT2D eigenvalue weighted by molar-refractivity contribution is 5.30. The fourth-order valence-corrected chi connectivity index (χ4v) is 1.57. The zero-order chi connectivity index (χ0) is 12.8. The van der Waals surface area contributed by atoms with Crippen LogP contribution in [0.3, 0.4) is 0 Å². The van der Waals surface area contributed by atoms with E-state index in [2.05, 4.69) is 35.9 Å². The molecule has 0 radical (unpaired) electrons. The van der Waals surface area contributed by atoms with Crippen molar-refractivity contribution in [1.29, 1.82) is 0 Å². The van der Waals surface area contributed by atoms with Gasteiger partial charge in [0.05, 0.1) is 6.04 Å². The second-order valence-corrected chi connectivity index (χ2v) is 4.24. The molecule has 0 aliphatic carbocycles. The lowest BCUT2D eigenvalue weighted by molar-refractivity contribution is 0.293. The number of nitrogens with one attached hydrogen (secondary N) is 1. The van der Waals surface area contributed by atoms with Gasteiger partial charge in [0, 0.05) is 12.7 Å². The van der Waals surface area contributed by atoms with Crippen molar-refractivity contribution in [2.24, 2.45) is 0 Å². The summed E-state index contributed by atoms with van der Waals surface area (Å²) in [6.07, 6.45) is 0. The first-order valence-electron chi connectivity index (χ1n) is 5.82. The van der Waals surface area contributed by atoms with E-state index in [9.17, 15) is 0 Å². The Hall–Kier alpha value is -1.48. The molecule has 0 aromatic heterocycles. The van der Waals surface area contributed by atoms with Gasteiger partial charge in [0.25, 0.3) is 0 Å². The molecule has 0 unspecified atom stereocenters. The minimum absolute atomic E-state index is 0.297. The van der Waals surface area contributed by atoms with Crippen molar-refractivity contribution < 1.29 is 4.74 Å². The van der Waals surface area contributed by atoms with Crippen LogP contribution in [0.25, 0.3) is 0 Å². The zero-order valence-electron chi connectivity index (χ0n) is 11.2. The zero-order valence-corrected chi connectivity index (χ0v) is 11.2. The molecule has 3 nitrogen and oxygen atoms in total. The molecule has 1 rings (SSSR count). The van der Waals surface area contributed by atoms with Crippen molar-refractivity contribution in [2.45, 2.75) is 19.9 Å². The van der Waals surface area contributed by atoms with Gasteiger partial charge in [-0.2, -0.15) is 0 Å². The van der Waals surface area contributed by atoms with Crippen LogP contribution in [0, 0.1) is 0 Å². The molecule has 0 amide bonds. The lowest BCUT2D eigenvalue weighted by Gasteiger charge is -2.27. The molecular formula is C14H22N2O. The van der Waals surface area contributed by atoms with E-state index in [1.165, 1.54) is 5.56 Å². The van der Waals surface area contributed by atoms with Crippen molar-refractivity contribution in [3.05, 3.63) is 42.1 Å². The van der Waals surface area contributed by atoms with Gasteiger partial charge in [-0.25, -0.2) is 0 Å². The Balaban J connectivity index is 2.80. The lowest BCUT2D eigenvalue weighted by Crippen LogP contribution is -2.20. The maximum atomic E-state index is 5.53. The molecule has 0 fully saturated rings. The maximum absolute atomic E-state index is 5.53. The normalized spacial score (nSPS) is 12.0. The van der Waals surface area contributed by atoms with Gasteiger partial charge in [0.2, 0.25) is 0 Å². The summed E-state index contributed by atoms with van der Waals surface area (Å²) in [6, 6.07) is 8.46. The van der Waals surface area contributed by atoms with Gasteiger partial charge >= 0.3 is 0 Å². The van der Waals surface area contributed by atoms with E-state index in [-0.39, 0.29) is 0 Å². The van der Waals surface area contributed by atoms with E-state index >= 15 is 0 Å². The van der Waals surface area contributed by atoms with Crippen LogP contribution in [-0.2, 0) is 0 Å². The molecule has 1 N–H and O–H groups in total. The van der Waals surface area contributed by atoms with Crippen molar-refractivity contribution in [3.8, 4) is 5.75 Å². The molecule has 94 valence electrons. The highest BCUT2D eigenvalue weighted by Crippen LogP contribution is 2.24. The van der Waals surface area contributed by atoms with Crippen LogP contribution >= 0.6 is 0 Å². The van der Waals surface area contributed by atoms with E-state index in [0.29, 0.717) is 12.8 Å². The minimum Gasteiger partial charge on any atom is -0.478 e. The van der Waals surface area contributed by atoms with E-state index < -0.39 is 0 Å². The van der Waals surface area contributed by atoms with E-state index in [1.54, 1.807) is 0 Å². The van der Waals surface area contributed by atoms with E-state index in [0.717, 1.165) is 11.4 Å². The lowest BCUT2D eigenvalue weighted by atomic mass is 10.1. The molecule has 0 aliphatic rings. The summed E-state index contributed by atoms with van der Waals surface area (Å²) in [7, 11) is 3.91. The Bertz CT molecular complexity index is 376. The van der Waals surface area contributed by atoms with Gasteiger partial charge in [0.1, 0.15) is 12.5 Å². The molecule has 0 aliphatic heterocycles. The summed E-state index contributed by atoms with van der Waals surface area (Å²) >= 11 is 0. The van der Waals surface area contributed by atoms with Crippen LogP contribution in [0.4, 0.5) is 0 Å². The molecule has 0 saturated carbocycles. The Morgan fingerprint density at radius 2 is 2.24 bits per heavy atom. The fourth-order valence-electron chi connectivity index (χ4n) is 1.57. The third-order valence-corrected chi connectivity index (χ3v) is 2.91. The van der Waals surface area contributed by atoms with Crippen LogP contribution in [0.1, 0.15) is 25.5 Å². The highest BCUT2D eigenvalue weighted by atomic mass is 16.5. The number of ether oxygens (including phenoxy) is 1. The average Bonchev–Trinajstić information content (AvgIpc) is 2.34. The van der Waals surface area contributed by atoms with Crippen LogP contribution in [0.5, 0.6) is 5.75 Å². The summed E-state index contributed by atoms with van der Waals surface area (Å²) in [5.74, 6) is 0.888. The van der Waals surface area contributed by atoms with E-state index in [4.69, 9.17) is 4.74 Å². The topological polar surface area (TPSA) is 24.5 Å². The smallest absolute Gasteiger partial charge is 0.139 e. The standard InChI is InChI=1S/C14H22N2O/c1-11(2)16(5)12(3)13-7-6-8-14(9-13)17-10-15-4/h6-9,12,15H,1,10H2,2-5H3/t12-/m0/s1. The van der Waals surface area contributed by atoms with Gasteiger partial charge < -0.3 is 9.64 Å². The average molecular weight is 234 g/mol. The van der Waals surface area contributed by atoms with E-state index in [1.807, 2.05) is 33.2 Å². The van der Waals surface area contributed by atoms with Crippen LogP contribution in [0.2, 0.25) is 0 Å². The number of benzene rings is 1. The number of hydrogen-bond donors (Lipinski definition) is 1. The predicted molar refractivity (Wildman–Crippen MR) is 72.0 cm³/mol. The van der Waals surface area contributed by atoms with Crippen molar-refractivity contribution in [2.75, 3.05) is 20.8 Å². The summed E-state index contributed by atoms with van der Waals surface area (Å²) < 4.78 is 5.53. The fraction of sp³-hybridized carbons (Fsp3) is 0.429. The summed E-state index contributed by atoms with van der Waals surface area (Å²) in [6.45, 7) is 8.65. The van der Waals surface area contributed by atoms with Crippen molar-refractivity contribution in [3.63, 3.8) is 0 Å². The second kappa shape index (κ2) is 6.30. The second-order valence-electron chi connectivity index (χ2n) is 4.24. The quantitative estimate of drug-likeness (QED) is 0.766. The number of rotatable bonds is 6. The molecule has 0 saturated heterocycles. The number of allylic oxidation sites excluding steroid dienone is 1. The molecule has 0 spiro atoms. The number of hydrogen-bond acceptors (Lipinski definition) is 3. The molecule has 3 heteroatoms. The van der Waals surface area contributed by atoms with Gasteiger partial charge in [-0.3, -0.25) is 5.32 Å². The largest absolute Gasteiger partial charge is 0.478 e. The van der Waals surface area contributed by atoms with Crippen molar-refractivity contribution >= 4 is 0 Å². The molecule has 0 bridgehead atoms. The van der Waals surface area contributed by atoms with Crippen LogP contribution in [-0.4, -0.2) is 25.7 Å². The highest BCUT2D eigenvalue weighted by Gasteiger charge is 2.11. The van der Waals surface area contributed by atoms with Gasteiger partial charge in [-0.05, 0) is 38.6 Å². The van der Waals surface area contributed by atoms with Gasteiger partial charge in [-0.15, -0.1) is 0 Å². The van der Waals surface area contributed by atoms with Crippen LogP contribution < -0.4 is 10.1 Å². The minimum atomic E-state index is 0.297. The molecule has 1 aromatic rings. The Labute approximate surface area is 104 Å². The number of nitrogens with zero attached hydrogens (tertiary/aromatic N) is 1. The molecule has 1 aromatic carbocycles. The van der Waals surface area contributed by atoms with Crippen LogP contribution in [0.15, 0.2) is 36.5 Å². The Morgan fingerprint density at radius 1 is 1.53 bits per heavy atom. The predicted octanol–water partition coefficient (Wildman–Crippen LogP) is 2.77. The first-order valence-corrected chi connectivity index (χ1v) is 5.82. The van der Waals surface area contributed by atoms with Gasteiger partial charge in [-0.1, -0.05) is 18.7 Å². The molecule has 0 heterocycles. The molecular weight excluding hydrogens is 212 g/mol. The summed E-state index contributed by atoms with van der Waals surface area (Å²) in [4.78, 5) is 2.15. The Morgan fingerprint density at radius 3 is 2.82 bits per heavy atom. The third kappa shape index (κ3) is 3.79. The first-order chi connectivity index (χ1) is 8.06. The van der Waals surface area contributed by atoms with Gasteiger partial charge in [0.15, 0.2) is 0 Å². The molecule has 1 atom stereocenters.